The van der Waals surface area contributed by atoms with E-state index in [4.69, 9.17) is 0 Å². The summed E-state index contributed by atoms with van der Waals surface area (Å²) in [5, 5.41) is 24.8. The molecule has 0 saturated heterocycles. The van der Waals surface area contributed by atoms with E-state index in [1.165, 1.54) is 32.5 Å². The van der Waals surface area contributed by atoms with Gasteiger partial charge in [0.1, 0.15) is 10.0 Å². The first-order valence-electron chi connectivity index (χ1n) is 11.4. The van der Waals surface area contributed by atoms with Gasteiger partial charge in [0, 0.05) is 38.3 Å². The van der Waals surface area contributed by atoms with Crippen molar-refractivity contribution in [1.82, 2.24) is 20.4 Å². The maximum atomic E-state index is 12.4. The number of urea groups is 2. The molecule has 4 rings (SSSR count). The number of amides is 4. The van der Waals surface area contributed by atoms with Gasteiger partial charge in [-0.05, 0) is 35.8 Å². The molecule has 0 atom stereocenters. The highest BCUT2D eigenvalue weighted by Crippen LogP contribution is 2.21. The van der Waals surface area contributed by atoms with Gasteiger partial charge in [0.2, 0.25) is 10.3 Å². The minimum Gasteiger partial charge on any atom is -0.297 e. The number of anilines is 4. The van der Waals surface area contributed by atoms with Crippen molar-refractivity contribution in [2.75, 3.05) is 46.0 Å². The summed E-state index contributed by atoms with van der Waals surface area (Å²) < 4.78 is 0. The number of aryl methyl sites for hydroxylation is 2. The summed E-state index contributed by atoms with van der Waals surface area (Å²) in [7, 11) is 3.42. The number of rotatable bonds is 10. The molecular weight excluding hydrogens is 529 g/mol. The fourth-order valence-corrected chi connectivity index (χ4v) is 5.72. The van der Waals surface area contributed by atoms with Crippen molar-refractivity contribution >= 4 is 68.1 Å². The Kier molecular flexibility index (Phi) is 9.40. The minimum absolute atomic E-state index is 0.261. The first kappa shape index (κ1) is 26.5. The van der Waals surface area contributed by atoms with E-state index < -0.39 is 0 Å². The zero-order valence-electron chi connectivity index (χ0n) is 20.3. The third kappa shape index (κ3) is 7.71. The van der Waals surface area contributed by atoms with Crippen molar-refractivity contribution in [3.63, 3.8) is 0 Å². The number of para-hydroxylation sites is 2. The van der Waals surface area contributed by atoms with Crippen LogP contribution < -0.4 is 20.4 Å². The SMILES string of the molecule is CN(C(=O)Nc1nnc(CCSCCc2nnc(NC(=O)N(C)c3ccccc3)s2)s1)c1ccccc1. The van der Waals surface area contributed by atoms with Crippen molar-refractivity contribution in [1.29, 1.82) is 0 Å². The average molecular weight is 555 g/mol. The van der Waals surface area contributed by atoms with Crippen LogP contribution in [0.25, 0.3) is 0 Å². The lowest BCUT2D eigenvalue weighted by molar-refractivity contribution is 0.257. The Hall–Kier alpha value is -3.55. The lowest BCUT2D eigenvalue weighted by Gasteiger charge is -2.16. The maximum absolute atomic E-state index is 12.4. The second-order valence-corrected chi connectivity index (χ2v) is 11.1. The number of nitrogens with zero attached hydrogens (tertiary/aromatic N) is 6. The zero-order chi connectivity index (χ0) is 26.0. The summed E-state index contributed by atoms with van der Waals surface area (Å²) >= 11 is 4.54. The number of carbonyl (C=O) groups is 2. The second-order valence-electron chi connectivity index (χ2n) is 7.76. The quantitative estimate of drug-likeness (QED) is 0.257. The molecule has 10 nitrogen and oxygen atoms in total. The average Bonchev–Trinajstić information content (AvgIpc) is 3.57. The highest BCUT2D eigenvalue weighted by molar-refractivity contribution is 7.99. The van der Waals surface area contributed by atoms with E-state index in [0.717, 1.165) is 45.7 Å². The van der Waals surface area contributed by atoms with Crippen LogP contribution in [-0.2, 0) is 12.8 Å². The third-order valence-electron chi connectivity index (χ3n) is 5.18. The van der Waals surface area contributed by atoms with Gasteiger partial charge in [0.05, 0.1) is 0 Å². The topological polar surface area (TPSA) is 116 Å². The van der Waals surface area contributed by atoms with E-state index in [1.54, 1.807) is 25.9 Å². The summed E-state index contributed by atoms with van der Waals surface area (Å²) in [5.41, 5.74) is 1.59. The van der Waals surface area contributed by atoms with Crippen LogP contribution in [0.4, 0.5) is 31.2 Å². The fourth-order valence-electron chi connectivity index (χ4n) is 3.12. The van der Waals surface area contributed by atoms with E-state index >= 15 is 0 Å². The standard InChI is InChI=1S/C24H26N8O2S3/c1-31(17-9-5-3-6-10-17)23(33)25-21-29-27-19(36-21)13-15-35-16-14-20-28-30-22(37-20)26-24(34)32(2)18-11-7-4-8-12-18/h3-12H,13-16H2,1-2H3,(H,25,29,33)(H,26,30,34). The van der Waals surface area contributed by atoms with E-state index in [-0.39, 0.29) is 12.1 Å². The van der Waals surface area contributed by atoms with Crippen molar-refractivity contribution in [3.8, 4) is 0 Å². The Morgan fingerprint density at radius 2 is 1.11 bits per heavy atom. The summed E-state index contributed by atoms with van der Waals surface area (Å²) in [4.78, 5) is 27.9. The first-order chi connectivity index (χ1) is 18.0. The van der Waals surface area contributed by atoms with Gasteiger partial charge in [-0.25, -0.2) is 9.59 Å². The molecule has 0 aliphatic heterocycles. The lowest BCUT2D eigenvalue weighted by atomic mass is 10.3. The van der Waals surface area contributed by atoms with Gasteiger partial charge in [-0.1, -0.05) is 59.1 Å². The molecule has 37 heavy (non-hydrogen) atoms. The minimum atomic E-state index is -0.261. The van der Waals surface area contributed by atoms with Gasteiger partial charge in [-0.3, -0.25) is 20.4 Å². The summed E-state index contributed by atoms with van der Waals surface area (Å²) in [6.07, 6.45) is 1.52. The van der Waals surface area contributed by atoms with Gasteiger partial charge in [-0.2, -0.15) is 11.8 Å². The van der Waals surface area contributed by atoms with Gasteiger partial charge in [0.15, 0.2) is 0 Å². The van der Waals surface area contributed by atoms with Crippen LogP contribution in [0.2, 0.25) is 0 Å². The summed E-state index contributed by atoms with van der Waals surface area (Å²) in [6, 6.07) is 18.3. The Bertz CT molecular complexity index is 1200. The fraction of sp³-hybridized carbons (Fsp3) is 0.250. The molecule has 2 N–H and O–H groups in total. The molecule has 192 valence electrons. The zero-order valence-corrected chi connectivity index (χ0v) is 22.8. The summed E-state index contributed by atoms with van der Waals surface area (Å²) in [6.45, 7) is 0. The van der Waals surface area contributed by atoms with Crippen LogP contribution in [0.15, 0.2) is 60.7 Å². The van der Waals surface area contributed by atoms with E-state index in [1.807, 2.05) is 60.7 Å². The number of benzene rings is 2. The molecule has 0 bridgehead atoms. The van der Waals surface area contributed by atoms with Crippen molar-refractivity contribution in [2.45, 2.75) is 12.8 Å². The number of carbonyl (C=O) groups excluding carboxylic acids is 2. The van der Waals surface area contributed by atoms with Crippen LogP contribution in [-0.4, -0.2) is 58.1 Å². The van der Waals surface area contributed by atoms with E-state index in [9.17, 15) is 9.59 Å². The molecule has 2 heterocycles. The Labute approximate surface area is 227 Å². The molecule has 2 aromatic carbocycles. The summed E-state index contributed by atoms with van der Waals surface area (Å²) in [5.74, 6) is 1.74. The van der Waals surface area contributed by atoms with Crippen molar-refractivity contribution in [2.24, 2.45) is 0 Å². The largest absolute Gasteiger partial charge is 0.327 e. The van der Waals surface area contributed by atoms with Crippen molar-refractivity contribution in [3.05, 3.63) is 70.7 Å². The predicted octanol–water partition coefficient (Wildman–Crippen LogP) is 5.24. The van der Waals surface area contributed by atoms with Crippen LogP contribution in [0.1, 0.15) is 10.0 Å². The van der Waals surface area contributed by atoms with Crippen LogP contribution in [0.3, 0.4) is 0 Å². The van der Waals surface area contributed by atoms with Gasteiger partial charge >= 0.3 is 12.1 Å². The molecular formula is C24H26N8O2S3. The highest BCUT2D eigenvalue weighted by Gasteiger charge is 2.15. The van der Waals surface area contributed by atoms with E-state index in [2.05, 4.69) is 31.0 Å². The van der Waals surface area contributed by atoms with Gasteiger partial charge in [-0.15, -0.1) is 20.4 Å². The highest BCUT2D eigenvalue weighted by atomic mass is 32.2. The molecule has 0 unspecified atom stereocenters. The molecule has 13 heteroatoms. The van der Waals surface area contributed by atoms with Gasteiger partial charge in [0.25, 0.3) is 0 Å². The number of thioether (sulfide) groups is 1. The van der Waals surface area contributed by atoms with E-state index in [0.29, 0.717) is 10.3 Å². The van der Waals surface area contributed by atoms with Crippen LogP contribution >= 0.6 is 34.4 Å². The number of aromatic nitrogens is 4. The third-order valence-corrected chi connectivity index (χ3v) is 7.96. The molecule has 0 aliphatic rings. The Morgan fingerprint density at radius 3 is 1.51 bits per heavy atom. The number of hydrogen-bond donors (Lipinski definition) is 2. The second kappa shape index (κ2) is 13.1. The predicted molar refractivity (Wildman–Crippen MR) is 152 cm³/mol. The number of nitrogens with one attached hydrogen (secondary N) is 2. The Balaban J connectivity index is 1.14. The molecule has 0 fully saturated rings. The van der Waals surface area contributed by atoms with Crippen molar-refractivity contribution < 1.29 is 9.59 Å². The number of hydrogen-bond acceptors (Lipinski definition) is 9. The smallest absolute Gasteiger partial charge is 0.297 e. The molecule has 0 radical (unpaired) electrons. The first-order valence-corrected chi connectivity index (χ1v) is 14.2. The molecule has 4 aromatic rings. The lowest BCUT2D eigenvalue weighted by Crippen LogP contribution is -2.31. The Morgan fingerprint density at radius 1 is 0.703 bits per heavy atom. The molecule has 0 saturated carbocycles. The molecule has 2 aromatic heterocycles. The van der Waals surface area contributed by atoms with Crippen LogP contribution in [0, 0.1) is 0 Å². The maximum Gasteiger partial charge on any atom is 0.327 e. The molecule has 4 amide bonds. The van der Waals surface area contributed by atoms with Gasteiger partial charge < -0.3 is 0 Å². The monoisotopic (exact) mass is 554 g/mol. The molecule has 0 spiro atoms. The molecule has 0 aliphatic carbocycles. The van der Waals surface area contributed by atoms with Crippen LogP contribution in [0.5, 0.6) is 0 Å². The normalized spacial score (nSPS) is 10.6.